The summed E-state index contributed by atoms with van der Waals surface area (Å²) in [5.41, 5.74) is 1.62. The summed E-state index contributed by atoms with van der Waals surface area (Å²) in [5.74, 6) is 0.353. The molecule has 1 aliphatic heterocycles. The van der Waals surface area contributed by atoms with E-state index in [0.29, 0.717) is 10.7 Å². The van der Waals surface area contributed by atoms with Crippen molar-refractivity contribution in [2.24, 2.45) is 0 Å². The fourth-order valence-corrected chi connectivity index (χ4v) is 3.12. The molecule has 3 rings (SSSR count). The van der Waals surface area contributed by atoms with Crippen LogP contribution < -0.4 is 10.1 Å². The molecular weight excluding hydrogens is 324 g/mol. The lowest BCUT2D eigenvalue weighted by Gasteiger charge is -2.14. The zero-order valence-corrected chi connectivity index (χ0v) is 13.9. The quantitative estimate of drug-likeness (QED) is 0.839. The van der Waals surface area contributed by atoms with Crippen LogP contribution in [-0.4, -0.2) is 29.8 Å². The molecule has 0 aromatic heterocycles. The number of nitrogens with one attached hydrogen (secondary N) is 1. The van der Waals surface area contributed by atoms with E-state index in [1.54, 1.807) is 13.2 Å². The summed E-state index contributed by atoms with van der Waals surface area (Å²) in [6, 6.07) is 16.8. The zero-order chi connectivity index (χ0) is 16.9. The van der Waals surface area contributed by atoms with Crippen LogP contribution >= 0.6 is 11.8 Å². The largest absolute Gasteiger partial charge is 0.496 e. The average Bonchev–Trinajstić information content (AvgIpc) is 2.88. The number of thioether (sulfide) groups is 1. The number of methoxy groups -OCH3 is 1. The predicted molar refractivity (Wildman–Crippen MR) is 95.7 cm³/mol. The third-order valence-corrected chi connectivity index (χ3v) is 4.42. The molecule has 6 heteroatoms. The molecule has 1 saturated heterocycles. The molecule has 1 aliphatic rings. The lowest BCUT2D eigenvalue weighted by Crippen LogP contribution is -2.33. The van der Waals surface area contributed by atoms with Crippen molar-refractivity contribution in [3.63, 3.8) is 0 Å². The molecule has 0 atom stereocenters. The number of rotatable bonds is 5. The Morgan fingerprint density at radius 1 is 1.08 bits per heavy atom. The van der Waals surface area contributed by atoms with Crippen molar-refractivity contribution in [1.82, 2.24) is 4.90 Å². The van der Waals surface area contributed by atoms with Gasteiger partial charge in [0.2, 0.25) is 0 Å². The molecule has 0 aliphatic carbocycles. The maximum absolute atomic E-state index is 12.5. The van der Waals surface area contributed by atoms with Gasteiger partial charge >= 0.3 is 0 Å². The number of hydrogen-bond acceptors (Lipinski definition) is 5. The number of para-hydroxylation sites is 2. The first kappa shape index (κ1) is 16.1. The summed E-state index contributed by atoms with van der Waals surface area (Å²) in [4.78, 5) is 26.2. The van der Waals surface area contributed by atoms with Crippen LogP contribution in [-0.2, 0) is 4.79 Å². The zero-order valence-electron chi connectivity index (χ0n) is 13.1. The molecule has 0 spiro atoms. The number of carbonyl (C=O) groups is 2. The SMILES string of the molecule is COc1ccccc1C=C1SC(=O)N(CNc2ccccc2)C1=O. The van der Waals surface area contributed by atoms with E-state index in [0.717, 1.165) is 23.0 Å². The second kappa shape index (κ2) is 7.23. The minimum absolute atomic E-state index is 0.137. The maximum Gasteiger partial charge on any atom is 0.295 e. The van der Waals surface area contributed by atoms with Gasteiger partial charge in [-0.2, -0.15) is 0 Å². The Morgan fingerprint density at radius 2 is 1.79 bits per heavy atom. The summed E-state index contributed by atoms with van der Waals surface area (Å²) in [6.07, 6.45) is 1.69. The lowest BCUT2D eigenvalue weighted by atomic mass is 10.2. The van der Waals surface area contributed by atoms with E-state index in [2.05, 4.69) is 5.32 Å². The van der Waals surface area contributed by atoms with Gasteiger partial charge < -0.3 is 10.1 Å². The molecule has 0 bridgehead atoms. The van der Waals surface area contributed by atoms with Crippen LogP contribution in [0.4, 0.5) is 10.5 Å². The average molecular weight is 340 g/mol. The Bertz CT molecular complexity index is 790. The third-order valence-electron chi connectivity index (χ3n) is 3.51. The van der Waals surface area contributed by atoms with E-state index < -0.39 is 0 Å². The number of imide groups is 1. The highest BCUT2D eigenvalue weighted by molar-refractivity contribution is 8.18. The van der Waals surface area contributed by atoms with Crippen molar-refractivity contribution >= 4 is 34.7 Å². The molecule has 0 saturated carbocycles. The molecular formula is C18H16N2O3S. The van der Waals surface area contributed by atoms with E-state index in [1.807, 2.05) is 54.6 Å². The molecule has 1 heterocycles. The van der Waals surface area contributed by atoms with Gasteiger partial charge in [-0.1, -0.05) is 36.4 Å². The summed E-state index contributed by atoms with van der Waals surface area (Å²) >= 11 is 0.934. The normalized spacial score (nSPS) is 15.9. The topological polar surface area (TPSA) is 58.6 Å². The van der Waals surface area contributed by atoms with Crippen molar-refractivity contribution in [2.75, 3.05) is 19.1 Å². The van der Waals surface area contributed by atoms with Gasteiger partial charge in [-0.15, -0.1) is 0 Å². The monoisotopic (exact) mass is 340 g/mol. The molecule has 0 unspecified atom stereocenters. The van der Waals surface area contributed by atoms with Crippen LogP contribution in [0.25, 0.3) is 6.08 Å². The van der Waals surface area contributed by atoms with Crippen LogP contribution in [0.2, 0.25) is 0 Å². The van der Waals surface area contributed by atoms with Gasteiger partial charge in [-0.05, 0) is 36.0 Å². The van der Waals surface area contributed by atoms with E-state index in [-0.39, 0.29) is 17.8 Å². The second-order valence-electron chi connectivity index (χ2n) is 5.05. The van der Waals surface area contributed by atoms with Crippen molar-refractivity contribution < 1.29 is 14.3 Å². The van der Waals surface area contributed by atoms with Gasteiger partial charge in [-0.3, -0.25) is 14.5 Å². The standard InChI is InChI=1S/C18H16N2O3S/c1-23-15-10-6-5-7-13(15)11-16-17(21)20(18(22)24-16)12-19-14-8-3-2-4-9-14/h2-11,19H,12H2,1H3. The number of nitrogens with zero attached hydrogens (tertiary/aromatic N) is 1. The van der Waals surface area contributed by atoms with Crippen LogP contribution in [0.1, 0.15) is 5.56 Å². The smallest absolute Gasteiger partial charge is 0.295 e. The van der Waals surface area contributed by atoms with Gasteiger partial charge in [0.1, 0.15) is 5.75 Å². The lowest BCUT2D eigenvalue weighted by molar-refractivity contribution is -0.122. The first-order chi connectivity index (χ1) is 11.7. The van der Waals surface area contributed by atoms with Crippen molar-refractivity contribution in [3.8, 4) is 5.75 Å². The molecule has 2 aromatic rings. The van der Waals surface area contributed by atoms with Gasteiger partial charge in [0.15, 0.2) is 0 Å². The van der Waals surface area contributed by atoms with Gasteiger partial charge in [0.25, 0.3) is 11.1 Å². The van der Waals surface area contributed by atoms with Crippen LogP contribution in [0.3, 0.4) is 0 Å². The summed E-state index contributed by atoms with van der Waals surface area (Å²) in [5, 5.41) is 2.79. The van der Waals surface area contributed by atoms with Crippen LogP contribution in [0, 0.1) is 0 Å². The van der Waals surface area contributed by atoms with E-state index in [9.17, 15) is 9.59 Å². The summed E-state index contributed by atoms with van der Waals surface area (Å²) in [7, 11) is 1.57. The van der Waals surface area contributed by atoms with Crippen molar-refractivity contribution in [3.05, 3.63) is 65.1 Å². The number of hydrogen-bond donors (Lipinski definition) is 1. The fraction of sp³-hybridized carbons (Fsp3) is 0.111. The van der Waals surface area contributed by atoms with Gasteiger partial charge in [-0.25, -0.2) is 0 Å². The number of ether oxygens (including phenoxy) is 1. The number of carbonyl (C=O) groups excluding carboxylic acids is 2. The Morgan fingerprint density at radius 3 is 2.54 bits per heavy atom. The molecule has 0 radical (unpaired) electrons. The molecule has 1 N–H and O–H groups in total. The highest BCUT2D eigenvalue weighted by Gasteiger charge is 2.34. The van der Waals surface area contributed by atoms with Gasteiger partial charge in [0, 0.05) is 11.3 Å². The van der Waals surface area contributed by atoms with E-state index >= 15 is 0 Å². The molecule has 24 heavy (non-hydrogen) atoms. The molecule has 1 fully saturated rings. The third kappa shape index (κ3) is 3.44. The maximum atomic E-state index is 12.5. The second-order valence-corrected chi connectivity index (χ2v) is 6.05. The molecule has 5 nitrogen and oxygen atoms in total. The Labute approximate surface area is 144 Å². The minimum Gasteiger partial charge on any atom is -0.496 e. The number of amides is 2. The summed E-state index contributed by atoms with van der Waals surface area (Å²) in [6.45, 7) is 0.137. The van der Waals surface area contributed by atoms with Crippen molar-refractivity contribution in [2.45, 2.75) is 0 Å². The highest BCUT2D eigenvalue weighted by atomic mass is 32.2. The fourth-order valence-electron chi connectivity index (χ4n) is 2.29. The number of anilines is 1. The highest BCUT2D eigenvalue weighted by Crippen LogP contribution is 2.33. The van der Waals surface area contributed by atoms with Crippen molar-refractivity contribution in [1.29, 1.82) is 0 Å². The minimum atomic E-state index is -0.306. The summed E-state index contributed by atoms with van der Waals surface area (Å²) < 4.78 is 5.27. The predicted octanol–water partition coefficient (Wildman–Crippen LogP) is 3.80. The molecule has 2 amide bonds. The van der Waals surface area contributed by atoms with Crippen LogP contribution in [0.15, 0.2) is 59.5 Å². The Hall–Kier alpha value is -2.73. The Kier molecular flexibility index (Phi) is 4.86. The molecule has 122 valence electrons. The van der Waals surface area contributed by atoms with Gasteiger partial charge in [0.05, 0.1) is 18.7 Å². The number of benzene rings is 2. The Balaban J connectivity index is 1.75. The molecule has 2 aromatic carbocycles. The van der Waals surface area contributed by atoms with E-state index in [4.69, 9.17) is 4.74 Å². The van der Waals surface area contributed by atoms with Crippen LogP contribution in [0.5, 0.6) is 5.75 Å². The first-order valence-corrected chi connectivity index (χ1v) is 8.18. The van der Waals surface area contributed by atoms with E-state index in [1.165, 1.54) is 4.90 Å². The first-order valence-electron chi connectivity index (χ1n) is 7.36.